The van der Waals surface area contributed by atoms with Crippen molar-refractivity contribution in [1.29, 1.82) is 0 Å². The lowest BCUT2D eigenvalue weighted by Crippen LogP contribution is -2.46. The van der Waals surface area contributed by atoms with Gasteiger partial charge in [0, 0.05) is 6.61 Å². The zero-order valence-corrected chi connectivity index (χ0v) is 13.4. The predicted octanol–water partition coefficient (Wildman–Crippen LogP) is 3.93. The quantitative estimate of drug-likeness (QED) is 0.553. The van der Waals surface area contributed by atoms with Gasteiger partial charge in [0.25, 0.3) is 0 Å². The van der Waals surface area contributed by atoms with Crippen molar-refractivity contribution >= 4 is 0 Å². The summed E-state index contributed by atoms with van der Waals surface area (Å²) in [4.78, 5) is 0. The van der Waals surface area contributed by atoms with E-state index in [0.29, 0.717) is 6.61 Å². The molecule has 0 aromatic heterocycles. The van der Waals surface area contributed by atoms with Crippen molar-refractivity contribution < 1.29 is 14.6 Å². The fourth-order valence-corrected chi connectivity index (χ4v) is 2.76. The van der Waals surface area contributed by atoms with Gasteiger partial charge >= 0.3 is 0 Å². The minimum Gasteiger partial charge on any atom is -0.394 e. The Kier molecular flexibility index (Phi) is 11.6. The zero-order chi connectivity index (χ0) is 14.6. The summed E-state index contributed by atoms with van der Waals surface area (Å²) in [5.41, 5.74) is -0.162. The van der Waals surface area contributed by atoms with Crippen LogP contribution in [-0.2, 0) is 9.47 Å². The fraction of sp³-hybridized carbons (Fsp3) is 1.00. The van der Waals surface area contributed by atoms with Gasteiger partial charge in [0.15, 0.2) is 0 Å². The Balaban J connectivity index is 4.88. The van der Waals surface area contributed by atoms with Gasteiger partial charge in [-0.05, 0) is 26.2 Å². The van der Waals surface area contributed by atoms with Crippen LogP contribution in [0.4, 0.5) is 0 Å². The first-order valence-electron chi connectivity index (χ1n) is 8.07. The van der Waals surface area contributed by atoms with E-state index in [4.69, 9.17) is 14.6 Å². The molecule has 0 aliphatic rings. The van der Waals surface area contributed by atoms with Crippen LogP contribution in [0.25, 0.3) is 0 Å². The summed E-state index contributed by atoms with van der Waals surface area (Å²) in [7, 11) is 0. The molecular weight excluding hydrogens is 240 g/mol. The molecule has 0 aromatic carbocycles. The Morgan fingerprint density at radius 2 is 1.58 bits per heavy atom. The van der Waals surface area contributed by atoms with Crippen LogP contribution in [0.1, 0.15) is 72.6 Å². The summed E-state index contributed by atoms with van der Waals surface area (Å²) < 4.78 is 12.1. The first-order chi connectivity index (χ1) is 9.20. The Morgan fingerprint density at radius 1 is 1.00 bits per heavy atom. The maximum absolute atomic E-state index is 8.99. The smallest absolute Gasteiger partial charge is 0.0942 e. The lowest BCUT2D eigenvalue weighted by Gasteiger charge is -2.40. The van der Waals surface area contributed by atoms with Crippen molar-refractivity contribution in [2.24, 2.45) is 0 Å². The summed E-state index contributed by atoms with van der Waals surface area (Å²) in [6, 6.07) is 0. The molecule has 0 aliphatic heterocycles. The van der Waals surface area contributed by atoms with Crippen LogP contribution < -0.4 is 0 Å². The average molecular weight is 274 g/mol. The van der Waals surface area contributed by atoms with Gasteiger partial charge in [-0.15, -0.1) is 0 Å². The summed E-state index contributed by atoms with van der Waals surface area (Å²) in [6.45, 7) is 9.86. The molecule has 0 aromatic rings. The molecule has 116 valence electrons. The van der Waals surface area contributed by atoms with Crippen molar-refractivity contribution in [1.82, 2.24) is 0 Å². The van der Waals surface area contributed by atoms with Crippen molar-refractivity contribution in [3.05, 3.63) is 0 Å². The van der Waals surface area contributed by atoms with Gasteiger partial charge in [0.1, 0.15) is 0 Å². The molecule has 0 amide bonds. The lowest BCUT2D eigenvalue weighted by atomic mass is 9.84. The van der Waals surface area contributed by atoms with Crippen molar-refractivity contribution in [3.8, 4) is 0 Å². The van der Waals surface area contributed by atoms with Crippen LogP contribution in [0.2, 0.25) is 0 Å². The normalized spacial score (nSPS) is 13.7. The number of aliphatic hydroxyl groups excluding tert-OH is 1. The second-order valence-electron chi connectivity index (χ2n) is 5.20. The number of aliphatic hydroxyl groups is 1. The maximum atomic E-state index is 8.99. The summed E-state index contributed by atoms with van der Waals surface area (Å²) in [5.74, 6) is 0. The van der Waals surface area contributed by atoms with Crippen LogP contribution >= 0.6 is 0 Å². The molecule has 0 heterocycles. The molecule has 0 saturated heterocycles. The summed E-state index contributed by atoms with van der Waals surface area (Å²) >= 11 is 0. The topological polar surface area (TPSA) is 38.7 Å². The number of rotatable bonds is 13. The van der Waals surface area contributed by atoms with Gasteiger partial charge < -0.3 is 14.6 Å². The summed E-state index contributed by atoms with van der Waals surface area (Å²) in [5, 5.41) is 8.99. The number of ether oxygens (including phenoxy) is 2. The molecule has 0 aliphatic carbocycles. The van der Waals surface area contributed by atoms with Gasteiger partial charge in [-0.3, -0.25) is 0 Å². The molecule has 1 unspecified atom stereocenters. The van der Waals surface area contributed by atoms with Crippen molar-refractivity contribution in [2.45, 2.75) is 84.3 Å². The maximum Gasteiger partial charge on any atom is 0.0942 e. The standard InChI is InChI=1S/C16H34O3/c1-5-9-11-16(19-8-4,12-10-6-2)15(7-3)18-14-13-17/h15,17H,5-14H2,1-4H3. The van der Waals surface area contributed by atoms with Crippen LogP contribution in [0, 0.1) is 0 Å². The third-order valence-electron chi connectivity index (χ3n) is 3.71. The van der Waals surface area contributed by atoms with E-state index in [9.17, 15) is 0 Å². The number of hydrogen-bond acceptors (Lipinski definition) is 3. The highest BCUT2D eigenvalue weighted by molar-refractivity contribution is 4.89. The van der Waals surface area contributed by atoms with E-state index in [1.165, 1.54) is 25.7 Å². The van der Waals surface area contributed by atoms with Gasteiger partial charge in [-0.25, -0.2) is 0 Å². The van der Waals surface area contributed by atoms with E-state index in [1.54, 1.807) is 0 Å². The molecule has 0 saturated carbocycles. The highest BCUT2D eigenvalue weighted by Gasteiger charge is 2.38. The molecule has 3 heteroatoms. The third-order valence-corrected chi connectivity index (χ3v) is 3.71. The van der Waals surface area contributed by atoms with Crippen LogP contribution in [0.3, 0.4) is 0 Å². The lowest BCUT2D eigenvalue weighted by molar-refractivity contribution is -0.157. The Labute approximate surface area is 119 Å². The predicted molar refractivity (Wildman–Crippen MR) is 80.5 cm³/mol. The molecule has 0 spiro atoms. The monoisotopic (exact) mass is 274 g/mol. The van der Waals surface area contributed by atoms with Crippen LogP contribution in [0.15, 0.2) is 0 Å². The Morgan fingerprint density at radius 3 is 1.95 bits per heavy atom. The molecule has 0 bridgehead atoms. The minimum absolute atomic E-state index is 0.0836. The number of hydrogen-bond donors (Lipinski definition) is 1. The first-order valence-corrected chi connectivity index (χ1v) is 8.07. The largest absolute Gasteiger partial charge is 0.394 e. The third kappa shape index (κ3) is 6.73. The van der Waals surface area contributed by atoms with E-state index in [2.05, 4.69) is 27.7 Å². The molecule has 0 fully saturated rings. The van der Waals surface area contributed by atoms with Crippen LogP contribution in [0.5, 0.6) is 0 Å². The van der Waals surface area contributed by atoms with E-state index in [-0.39, 0.29) is 18.3 Å². The molecule has 19 heavy (non-hydrogen) atoms. The molecule has 0 rings (SSSR count). The molecule has 1 atom stereocenters. The highest BCUT2D eigenvalue weighted by Crippen LogP contribution is 2.33. The second-order valence-corrected chi connectivity index (χ2v) is 5.20. The minimum atomic E-state index is -0.162. The second kappa shape index (κ2) is 11.7. The van der Waals surface area contributed by atoms with Crippen molar-refractivity contribution in [3.63, 3.8) is 0 Å². The van der Waals surface area contributed by atoms with E-state index >= 15 is 0 Å². The van der Waals surface area contributed by atoms with Gasteiger partial charge in [0.2, 0.25) is 0 Å². The Bertz CT molecular complexity index is 186. The van der Waals surface area contributed by atoms with E-state index in [1.807, 2.05) is 0 Å². The molecular formula is C16H34O3. The first kappa shape index (κ1) is 18.9. The fourth-order valence-electron chi connectivity index (χ4n) is 2.76. The van der Waals surface area contributed by atoms with E-state index in [0.717, 1.165) is 25.9 Å². The van der Waals surface area contributed by atoms with Crippen LogP contribution in [-0.4, -0.2) is 36.6 Å². The van der Waals surface area contributed by atoms with E-state index < -0.39 is 0 Å². The van der Waals surface area contributed by atoms with Crippen molar-refractivity contribution in [2.75, 3.05) is 19.8 Å². The van der Waals surface area contributed by atoms with Gasteiger partial charge in [-0.1, -0.05) is 46.5 Å². The highest BCUT2D eigenvalue weighted by atomic mass is 16.6. The van der Waals surface area contributed by atoms with Gasteiger partial charge in [-0.2, -0.15) is 0 Å². The summed E-state index contributed by atoms with van der Waals surface area (Å²) in [6.07, 6.45) is 7.84. The number of unbranched alkanes of at least 4 members (excludes halogenated alkanes) is 2. The molecule has 1 N–H and O–H groups in total. The molecule has 0 radical (unpaired) electrons. The zero-order valence-electron chi connectivity index (χ0n) is 13.4. The average Bonchev–Trinajstić information content (AvgIpc) is 2.43. The van der Waals surface area contributed by atoms with Gasteiger partial charge in [0.05, 0.1) is 24.9 Å². The SMILES string of the molecule is CCCCC(CCCC)(OCC)C(CC)OCCO. The molecule has 3 nitrogen and oxygen atoms in total. The Hall–Kier alpha value is -0.120.